The molecule has 0 heterocycles. The fourth-order valence-corrected chi connectivity index (χ4v) is 2.20. The van der Waals surface area contributed by atoms with Crippen LogP contribution in [0.4, 0.5) is 0 Å². The molecule has 2 rings (SSSR count). The predicted octanol–water partition coefficient (Wildman–Crippen LogP) is 2.11. The molecule has 0 aromatic heterocycles. The van der Waals surface area contributed by atoms with Crippen LogP contribution >= 0.6 is 0 Å². The number of para-hydroxylation sites is 1. The van der Waals surface area contributed by atoms with E-state index in [0.717, 1.165) is 0 Å². The lowest BCUT2D eigenvalue weighted by Crippen LogP contribution is -2.24. The molecule has 0 radical (unpaired) electrons. The summed E-state index contributed by atoms with van der Waals surface area (Å²) in [6, 6.07) is 13.9. The highest BCUT2D eigenvalue weighted by Crippen LogP contribution is 2.26. The second-order valence-corrected chi connectivity index (χ2v) is 4.83. The van der Waals surface area contributed by atoms with Gasteiger partial charge in [0, 0.05) is 25.3 Å². The van der Waals surface area contributed by atoms with E-state index in [1.807, 2.05) is 6.07 Å². The summed E-state index contributed by atoms with van der Waals surface area (Å²) in [5, 5.41) is 0. The van der Waals surface area contributed by atoms with Gasteiger partial charge in [-0.15, -0.1) is 0 Å². The molecule has 0 saturated carbocycles. The monoisotopic (exact) mass is 316 g/mol. The number of hydrogen-bond donors (Lipinski definition) is 2. The molecule has 4 N–H and O–H groups in total. The Bertz CT molecular complexity index is 633. The van der Waals surface area contributed by atoms with E-state index >= 15 is 0 Å². The Morgan fingerprint density at radius 2 is 1.39 bits per heavy atom. The Labute approximate surface area is 134 Å². The molecule has 2 aromatic carbocycles. The van der Waals surface area contributed by atoms with Crippen LogP contribution in [-0.4, -0.2) is 20.2 Å². The zero-order valence-corrected chi connectivity index (χ0v) is 13.1. The van der Waals surface area contributed by atoms with Crippen LogP contribution in [0.3, 0.4) is 0 Å². The van der Waals surface area contributed by atoms with Crippen LogP contribution in [0.5, 0.6) is 5.75 Å². The molecule has 0 spiro atoms. The predicted molar refractivity (Wildman–Crippen MR) is 85.7 cm³/mol. The van der Waals surface area contributed by atoms with Crippen molar-refractivity contribution in [3.05, 3.63) is 65.2 Å². The first-order valence-electron chi connectivity index (χ1n) is 7.05. The number of hydrogen-bond acceptors (Lipinski definition) is 6. The first-order chi connectivity index (χ1) is 11.1. The molecular weight excluding hydrogens is 296 g/mol. The first-order valence-corrected chi connectivity index (χ1v) is 7.05. The Kier molecular flexibility index (Phi) is 5.84. The fourth-order valence-electron chi connectivity index (χ4n) is 2.20. The van der Waals surface area contributed by atoms with Crippen molar-refractivity contribution >= 4 is 5.97 Å². The number of benzene rings is 2. The topological polar surface area (TPSA) is 96.8 Å². The maximum Gasteiger partial charge on any atom is 0.344 e. The number of nitrogens with two attached hydrogens (primary N) is 2. The Hall–Kier alpha value is -2.25. The largest absolute Gasteiger partial charge is 0.423 e. The minimum absolute atomic E-state index is 0.250. The summed E-state index contributed by atoms with van der Waals surface area (Å²) in [7, 11) is 2.92. The van der Waals surface area contributed by atoms with Crippen LogP contribution in [0.15, 0.2) is 48.5 Å². The molecule has 2 aromatic rings. The lowest BCUT2D eigenvalue weighted by molar-refractivity contribution is 0.0695. The van der Waals surface area contributed by atoms with Gasteiger partial charge < -0.3 is 25.7 Å². The molecule has 0 saturated heterocycles. The van der Waals surface area contributed by atoms with Crippen molar-refractivity contribution in [3.63, 3.8) is 0 Å². The van der Waals surface area contributed by atoms with Gasteiger partial charge in [0.1, 0.15) is 18.2 Å². The van der Waals surface area contributed by atoms with E-state index in [9.17, 15) is 4.79 Å². The molecule has 0 fully saturated rings. The van der Waals surface area contributed by atoms with E-state index in [1.165, 1.54) is 14.2 Å². The van der Waals surface area contributed by atoms with Crippen molar-refractivity contribution in [2.24, 2.45) is 11.5 Å². The second-order valence-electron chi connectivity index (χ2n) is 4.83. The quantitative estimate of drug-likeness (QED) is 0.481. The fraction of sp³-hybridized carbons (Fsp3) is 0.235. The lowest BCUT2D eigenvalue weighted by Gasteiger charge is -2.20. The Balaban J connectivity index is 2.46. The van der Waals surface area contributed by atoms with E-state index in [4.69, 9.17) is 25.7 Å². The Morgan fingerprint density at radius 1 is 0.870 bits per heavy atom. The van der Waals surface area contributed by atoms with Crippen LogP contribution < -0.4 is 16.2 Å². The molecule has 6 nitrogen and oxygen atoms in total. The summed E-state index contributed by atoms with van der Waals surface area (Å²) in [6.45, 7) is 0. The van der Waals surface area contributed by atoms with E-state index in [-0.39, 0.29) is 5.56 Å². The molecule has 6 heteroatoms. The van der Waals surface area contributed by atoms with Gasteiger partial charge in [-0.2, -0.15) is 0 Å². The first kappa shape index (κ1) is 17.1. The van der Waals surface area contributed by atoms with Gasteiger partial charge in [0.25, 0.3) is 0 Å². The summed E-state index contributed by atoms with van der Waals surface area (Å²) in [5.74, 6) is -0.142. The van der Waals surface area contributed by atoms with Crippen molar-refractivity contribution in [2.75, 3.05) is 14.2 Å². The van der Waals surface area contributed by atoms with Crippen LogP contribution in [-0.2, 0) is 9.47 Å². The van der Waals surface area contributed by atoms with Crippen LogP contribution in [0.1, 0.15) is 33.9 Å². The molecule has 0 amide bonds. The van der Waals surface area contributed by atoms with Crippen molar-refractivity contribution in [1.29, 1.82) is 0 Å². The summed E-state index contributed by atoms with van der Waals surface area (Å²) < 4.78 is 15.7. The van der Waals surface area contributed by atoms with E-state index in [1.54, 1.807) is 42.5 Å². The molecule has 23 heavy (non-hydrogen) atoms. The molecular formula is C17H20N2O4. The second kappa shape index (κ2) is 7.85. The zero-order chi connectivity index (χ0) is 16.8. The zero-order valence-electron chi connectivity index (χ0n) is 13.1. The number of carbonyl (C=O) groups excluding carboxylic acids is 1. The molecule has 0 aliphatic carbocycles. The van der Waals surface area contributed by atoms with Crippen molar-refractivity contribution in [3.8, 4) is 5.75 Å². The van der Waals surface area contributed by atoms with Gasteiger partial charge >= 0.3 is 5.97 Å². The SMILES string of the molecule is COC(N)c1cccc(C(N)OC)c1C(=O)Oc1ccccc1. The summed E-state index contributed by atoms with van der Waals surface area (Å²) >= 11 is 0. The normalized spacial score (nSPS) is 13.4. The molecule has 122 valence electrons. The summed E-state index contributed by atoms with van der Waals surface area (Å²) in [5.41, 5.74) is 13.1. The van der Waals surface area contributed by atoms with Crippen LogP contribution in [0.25, 0.3) is 0 Å². The summed E-state index contributed by atoms with van der Waals surface area (Å²) in [4.78, 5) is 12.7. The van der Waals surface area contributed by atoms with Crippen molar-refractivity contribution in [2.45, 2.75) is 12.5 Å². The maximum atomic E-state index is 12.7. The number of carbonyl (C=O) groups is 1. The molecule has 0 bridgehead atoms. The minimum Gasteiger partial charge on any atom is -0.423 e. The molecule has 0 aliphatic heterocycles. The third-order valence-corrected chi connectivity index (χ3v) is 3.41. The molecule has 0 aliphatic rings. The van der Waals surface area contributed by atoms with Gasteiger partial charge in [-0.1, -0.05) is 36.4 Å². The average Bonchev–Trinajstić information content (AvgIpc) is 2.60. The van der Waals surface area contributed by atoms with E-state index in [0.29, 0.717) is 16.9 Å². The van der Waals surface area contributed by atoms with Crippen molar-refractivity contribution < 1.29 is 19.0 Å². The maximum absolute atomic E-state index is 12.7. The third kappa shape index (κ3) is 3.94. The van der Waals surface area contributed by atoms with Gasteiger partial charge in [0.2, 0.25) is 0 Å². The molecule has 2 unspecified atom stereocenters. The van der Waals surface area contributed by atoms with E-state index < -0.39 is 18.4 Å². The number of methoxy groups -OCH3 is 2. The lowest BCUT2D eigenvalue weighted by atomic mass is 9.98. The standard InChI is InChI=1S/C17H20N2O4/c1-21-15(18)12-9-6-10-13(16(19)22-2)14(12)17(20)23-11-7-4-3-5-8-11/h3-10,15-16H,18-19H2,1-2H3. The van der Waals surface area contributed by atoms with Gasteiger partial charge in [0.05, 0.1) is 5.56 Å². The van der Waals surface area contributed by atoms with Crippen LogP contribution in [0.2, 0.25) is 0 Å². The van der Waals surface area contributed by atoms with Gasteiger partial charge in [-0.3, -0.25) is 0 Å². The smallest absolute Gasteiger partial charge is 0.344 e. The number of esters is 1. The van der Waals surface area contributed by atoms with Crippen LogP contribution in [0, 0.1) is 0 Å². The Morgan fingerprint density at radius 3 is 1.87 bits per heavy atom. The molecule has 2 atom stereocenters. The average molecular weight is 316 g/mol. The van der Waals surface area contributed by atoms with Gasteiger partial charge in [-0.05, 0) is 12.1 Å². The number of rotatable bonds is 6. The minimum atomic E-state index is -0.780. The highest BCUT2D eigenvalue weighted by molar-refractivity contribution is 5.94. The summed E-state index contributed by atoms with van der Waals surface area (Å²) in [6.07, 6.45) is -1.56. The van der Waals surface area contributed by atoms with Gasteiger partial charge in [-0.25, -0.2) is 4.79 Å². The highest BCUT2D eigenvalue weighted by atomic mass is 16.5. The third-order valence-electron chi connectivity index (χ3n) is 3.41. The number of ether oxygens (including phenoxy) is 3. The van der Waals surface area contributed by atoms with E-state index in [2.05, 4.69) is 0 Å². The van der Waals surface area contributed by atoms with Crippen molar-refractivity contribution in [1.82, 2.24) is 0 Å². The van der Waals surface area contributed by atoms with Gasteiger partial charge in [0.15, 0.2) is 0 Å². The highest BCUT2D eigenvalue weighted by Gasteiger charge is 2.24.